The lowest BCUT2D eigenvalue weighted by molar-refractivity contribution is -0.117. The largest absolute Gasteiger partial charge is 0.312 e. The van der Waals surface area contributed by atoms with Crippen LogP contribution in [-0.4, -0.2) is 26.6 Å². The van der Waals surface area contributed by atoms with E-state index in [4.69, 9.17) is 0 Å². The highest BCUT2D eigenvalue weighted by Crippen LogP contribution is 2.33. The third kappa shape index (κ3) is 3.38. The first-order valence-corrected chi connectivity index (χ1v) is 8.51. The van der Waals surface area contributed by atoms with E-state index in [1.54, 1.807) is 4.90 Å². The van der Waals surface area contributed by atoms with Crippen LogP contribution in [0.2, 0.25) is 0 Å². The van der Waals surface area contributed by atoms with Crippen molar-refractivity contribution in [3.05, 3.63) is 27.7 Å². The van der Waals surface area contributed by atoms with Crippen LogP contribution in [0, 0.1) is 19.8 Å². The van der Waals surface area contributed by atoms with E-state index >= 15 is 0 Å². The van der Waals surface area contributed by atoms with Gasteiger partial charge in [0.2, 0.25) is 5.91 Å². The second-order valence-electron chi connectivity index (χ2n) is 5.17. The van der Waals surface area contributed by atoms with Crippen molar-refractivity contribution in [3.8, 4) is 0 Å². The number of anilines is 1. The monoisotopic (exact) mass is 363 g/mol. The van der Waals surface area contributed by atoms with Gasteiger partial charge < -0.3 is 4.90 Å². The summed E-state index contributed by atoms with van der Waals surface area (Å²) in [5.74, 6) is -1.24. The highest BCUT2D eigenvalue weighted by molar-refractivity contribution is 9.10. The number of hydrogen-bond acceptors (Lipinski definition) is 3. The lowest BCUT2D eigenvalue weighted by Crippen LogP contribution is -2.27. The Kier molecular flexibility index (Phi) is 4.20. The van der Waals surface area contributed by atoms with Crippen LogP contribution in [0.5, 0.6) is 0 Å². The molecule has 0 aromatic heterocycles. The maximum Gasteiger partial charge on any atom is 0.302 e. The topological polar surface area (TPSA) is 54.5 Å². The van der Waals surface area contributed by atoms with Gasteiger partial charge in [0, 0.05) is 29.0 Å². The fourth-order valence-electron chi connectivity index (χ4n) is 2.72. The average Bonchev–Trinajstić information content (AvgIpc) is 2.55. The van der Waals surface area contributed by atoms with Gasteiger partial charge in [0.25, 0.3) is 0 Å². The van der Waals surface area contributed by atoms with E-state index in [1.165, 1.54) is 0 Å². The fraction of sp³-hybridized carbons (Fsp3) is 0.462. The summed E-state index contributed by atoms with van der Waals surface area (Å²) in [6.45, 7) is 4.02. The quantitative estimate of drug-likeness (QED) is 0.775. The van der Waals surface area contributed by atoms with Gasteiger partial charge >= 0.3 is 10.2 Å². The Hall–Kier alpha value is -0.950. The van der Waals surface area contributed by atoms with Gasteiger partial charge in [-0.2, -0.15) is 8.42 Å². The van der Waals surface area contributed by atoms with Gasteiger partial charge in [0.15, 0.2) is 0 Å². The van der Waals surface area contributed by atoms with Crippen molar-refractivity contribution in [3.63, 3.8) is 0 Å². The molecule has 1 unspecified atom stereocenters. The van der Waals surface area contributed by atoms with E-state index in [2.05, 4.69) is 15.9 Å². The first kappa shape index (κ1) is 15.4. The molecule has 20 heavy (non-hydrogen) atoms. The van der Waals surface area contributed by atoms with Crippen molar-refractivity contribution in [2.45, 2.75) is 20.3 Å². The summed E-state index contributed by atoms with van der Waals surface area (Å²) in [5.41, 5.74) is 2.64. The molecule has 0 bridgehead atoms. The van der Waals surface area contributed by atoms with Crippen molar-refractivity contribution < 1.29 is 17.1 Å². The standard InChI is InChI=1S/C13H15BrFNO3S/c1-8-3-11(14)4-9(2)13(8)16-6-10(5-12(16)17)7-20(15,18)19/h3-4,10H,5-7H2,1-2H3. The SMILES string of the molecule is Cc1cc(Br)cc(C)c1N1CC(CS(=O)(=O)F)CC1=O. The van der Waals surface area contributed by atoms with Crippen molar-refractivity contribution in [2.75, 3.05) is 17.2 Å². The summed E-state index contributed by atoms with van der Waals surface area (Å²) < 4.78 is 35.1. The maximum absolute atomic E-state index is 12.7. The Morgan fingerprint density at radius 2 is 1.90 bits per heavy atom. The molecule has 7 heteroatoms. The van der Waals surface area contributed by atoms with E-state index in [-0.39, 0.29) is 18.9 Å². The van der Waals surface area contributed by atoms with Gasteiger partial charge in [-0.15, -0.1) is 3.89 Å². The van der Waals surface area contributed by atoms with E-state index in [0.29, 0.717) is 0 Å². The summed E-state index contributed by atoms with van der Waals surface area (Å²) in [4.78, 5) is 13.6. The minimum atomic E-state index is -4.55. The lowest BCUT2D eigenvalue weighted by Gasteiger charge is -2.22. The molecule has 0 aliphatic carbocycles. The predicted molar refractivity (Wildman–Crippen MR) is 79.0 cm³/mol. The summed E-state index contributed by atoms with van der Waals surface area (Å²) >= 11 is 3.39. The Morgan fingerprint density at radius 1 is 1.35 bits per heavy atom. The molecule has 0 saturated carbocycles. The number of amides is 1. The Balaban J connectivity index is 2.29. The molecule has 1 aromatic carbocycles. The highest BCUT2D eigenvalue weighted by atomic mass is 79.9. The molecule has 0 radical (unpaired) electrons. The zero-order valence-electron chi connectivity index (χ0n) is 11.2. The number of hydrogen-bond donors (Lipinski definition) is 0. The van der Waals surface area contributed by atoms with Crippen LogP contribution in [0.1, 0.15) is 17.5 Å². The number of carbonyl (C=O) groups excluding carboxylic acids is 1. The van der Waals surface area contributed by atoms with Crippen LogP contribution in [-0.2, 0) is 15.0 Å². The summed E-state index contributed by atoms with van der Waals surface area (Å²) in [6.07, 6.45) is 0.0676. The van der Waals surface area contributed by atoms with Gasteiger partial charge in [-0.1, -0.05) is 15.9 Å². The van der Waals surface area contributed by atoms with Crippen LogP contribution in [0.4, 0.5) is 9.57 Å². The molecule has 1 amide bonds. The smallest absolute Gasteiger partial charge is 0.302 e. The zero-order valence-corrected chi connectivity index (χ0v) is 13.6. The molecular weight excluding hydrogens is 349 g/mol. The number of nitrogens with zero attached hydrogens (tertiary/aromatic N) is 1. The highest BCUT2D eigenvalue weighted by Gasteiger charge is 2.34. The molecule has 0 spiro atoms. The van der Waals surface area contributed by atoms with E-state index < -0.39 is 21.9 Å². The van der Waals surface area contributed by atoms with E-state index in [0.717, 1.165) is 21.3 Å². The molecule has 0 N–H and O–H groups in total. The minimum Gasteiger partial charge on any atom is -0.312 e. The first-order valence-electron chi connectivity index (χ1n) is 6.17. The average molecular weight is 364 g/mol. The second kappa shape index (κ2) is 5.44. The van der Waals surface area contributed by atoms with Gasteiger partial charge in [-0.05, 0) is 37.1 Å². The Bertz CT molecular complexity index is 637. The molecule has 110 valence electrons. The molecule has 1 fully saturated rings. The van der Waals surface area contributed by atoms with Crippen LogP contribution >= 0.6 is 15.9 Å². The normalized spacial score (nSPS) is 19.7. The molecule has 1 aliphatic rings. The maximum atomic E-state index is 12.7. The number of rotatable bonds is 3. The van der Waals surface area contributed by atoms with Gasteiger partial charge in [-0.3, -0.25) is 4.79 Å². The molecule has 1 atom stereocenters. The molecule has 1 heterocycles. The van der Waals surface area contributed by atoms with Crippen LogP contribution in [0.25, 0.3) is 0 Å². The van der Waals surface area contributed by atoms with Crippen LogP contribution in [0.3, 0.4) is 0 Å². The van der Waals surface area contributed by atoms with Crippen LogP contribution in [0.15, 0.2) is 16.6 Å². The Morgan fingerprint density at radius 3 is 2.40 bits per heavy atom. The minimum absolute atomic E-state index is 0.0676. The lowest BCUT2D eigenvalue weighted by atomic mass is 10.1. The van der Waals surface area contributed by atoms with Gasteiger partial charge in [0.05, 0.1) is 5.75 Å². The van der Waals surface area contributed by atoms with E-state index in [1.807, 2.05) is 26.0 Å². The van der Waals surface area contributed by atoms with Crippen molar-refractivity contribution in [1.82, 2.24) is 0 Å². The summed E-state index contributed by atoms with van der Waals surface area (Å²) in [5, 5.41) is 0. The van der Waals surface area contributed by atoms with Gasteiger partial charge in [-0.25, -0.2) is 0 Å². The number of aryl methyl sites for hydroxylation is 2. The molecule has 2 rings (SSSR count). The summed E-state index contributed by atoms with van der Waals surface area (Å²) in [7, 11) is -4.55. The van der Waals surface area contributed by atoms with Crippen molar-refractivity contribution in [2.24, 2.45) is 5.92 Å². The summed E-state index contributed by atoms with van der Waals surface area (Å²) in [6, 6.07) is 3.80. The van der Waals surface area contributed by atoms with Crippen molar-refractivity contribution in [1.29, 1.82) is 0 Å². The van der Waals surface area contributed by atoms with Crippen LogP contribution < -0.4 is 4.90 Å². The third-order valence-electron chi connectivity index (χ3n) is 3.37. The fourth-order valence-corrected chi connectivity index (χ4v) is 4.19. The number of halogens is 2. The number of carbonyl (C=O) groups is 1. The molecule has 4 nitrogen and oxygen atoms in total. The number of benzene rings is 1. The molecule has 1 saturated heterocycles. The predicted octanol–water partition coefficient (Wildman–Crippen LogP) is 2.72. The molecular formula is C13H15BrFNO3S. The Labute approximate surface area is 126 Å². The molecule has 1 aliphatic heterocycles. The third-order valence-corrected chi connectivity index (χ3v) is 4.69. The van der Waals surface area contributed by atoms with Gasteiger partial charge in [0.1, 0.15) is 0 Å². The molecule has 1 aromatic rings. The van der Waals surface area contributed by atoms with Crippen molar-refractivity contribution >= 4 is 37.7 Å². The first-order chi connectivity index (χ1) is 9.17. The zero-order chi connectivity index (χ0) is 15.1. The second-order valence-corrected chi connectivity index (χ2v) is 7.49. The van der Waals surface area contributed by atoms with E-state index in [9.17, 15) is 17.1 Å².